The van der Waals surface area contributed by atoms with Gasteiger partial charge in [-0.2, -0.15) is 0 Å². The second-order valence-corrected chi connectivity index (χ2v) is 4.68. The normalized spacial score (nSPS) is 10.8. The molecule has 0 aliphatic heterocycles. The fourth-order valence-corrected chi connectivity index (χ4v) is 1.59. The molecule has 1 rings (SSSR count). The first-order chi connectivity index (χ1) is 9.43. The number of aryl methyl sites for hydroxylation is 1. The Morgan fingerprint density at radius 1 is 1.35 bits per heavy atom. The number of ether oxygens (including phenoxy) is 1. The number of benzene rings is 1. The smallest absolute Gasteiger partial charge is 0.337 e. The predicted molar refractivity (Wildman–Crippen MR) is 78.8 cm³/mol. The predicted octanol–water partition coefficient (Wildman–Crippen LogP) is 1.84. The molecule has 0 aromatic heterocycles. The van der Waals surface area contributed by atoms with Gasteiger partial charge in [0.1, 0.15) is 0 Å². The third-order valence-corrected chi connectivity index (χ3v) is 2.65. The van der Waals surface area contributed by atoms with Gasteiger partial charge in [-0.05, 0) is 44.8 Å². The molecule has 1 N–H and O–H groups in total. The van der Waals surface area contributed by atoms with Crippen molar-refractivity contribution in [1.82, 2.24) is 4.90 Å². The Labute approximate surface area is 119 Å². The molecule has 0 saturated carbocycles. The van der Waals surface area contributed by atoms with Gasteiger partial charge in [0.2, 0.25) is 5.91 Å². The van der Waals surface area contributed by atoms with Crippen molar-refractivity contribution in [2.45, 2.75) is 6.92 Å². The van der Waals surface area contributed by atoms with Crippen LogP contribution in [0.5, 0.6) is 0 Å². The number of methoxy groups -OCH3 is 1. The molecule has 0 aliphatic rings. The van der Waals surface area contributed by atoms with E-state index in [9.17, 15) is 9.59 Å². The minimum absolute atomic E-state index is 0.194. The first kappa shape index (κ1) is 15.9. The zero-order chi connectivity index (χ0) is 15.1. The molecule has 5 heteroatoms. The number of anilines is 1. The minimum atomic E-state index is -0.392. The molecule has 0 spiro atoms. The van der Waals surface area contributed by atoms with Gasteiger partial charge in [-0.1, -0.05) is 6.08 Å². The first-order valence-corrected chi connectivity index (χ1v) is 6.25. The maximum Gasteiger partial charge on any atom is 0.337 e. The zero-order valence-corrected chi connectivity index (χ0v) is 12.3. The van der Waals surface area contributed by atoms with Crippen molar-refractivity contribution in [3.8, 4) is 0 Å². The van der Waals surface area contributed by atoms with Gasteiger partial charge in [0.25, 0.3) is 0 Å². The lowest BCUT2D eigenvalue weighted by atomic mass is 10.1. The number of rotatable bonds is 5. The van der Waals surface area contributed by atoms with Gasteiger partial charge >= 0.3 is 5.97 Å². The van der Waals surface area contributed by atoms with Crippen LogP contribution in [0.15, 0.2) is 30.4 Å². The van der Waals surface area contributed by atoms with Crippen LogP contribution in [0.4, 0.5) is 5.69 Å². The Hall–Kier alpha value is -2.14. The highest BCUT2D eigenvalue weighted by Crippen LogP contribution is 2.17. The number of likely N-dealkylation sites (N-methyl/N-ethyl adjacent to an activating group) is 1. The van der Waals surface area contributed by atoms with Crippen LogP contribution in [0, 0.1) is 6.92 Å². The van der Waals surface area contributed by atoms with E-state index < -0.39 is 5.97 Å². The highest BCUT2D eigenvalue weighted by Gasteiger charge is 2.08. The molecule has 1 aromatic rings. The minimum Gasteiger partial charge on any atom is -0.465 e. The summed E-state index contributed by atoms with van der Waals surface area (Å²) in [5.74, 6) is -0.586. The summed E-state index contributed by atoms with van der Waals surface area (Å²) < 4.78 is 4.65. The van der Waals surface area contributed by atoms with Crippen LogP contribution in [0.3, 0.4) is 0 Å². The van der Waals surface area contributed by atoms with Gasteiger partial charge < -0.3 is 15.0 Å². The number of nitrogens with one attached hydrogen (secondary N) is 1. The molecule has 20 heavy (non-hydrogen) atoms. The van der Waals surface area contributed by atoms with Crippen molar-refractivity contribution in [3.63, 3.8) is 0 Å². The third kappa shape index (κ3) is 4.85. The van der Waals surface area contributed by atoms with E-state index in [0.29, 0.717) is 17.8 Å². The van der Waals surface area contributed by atoms with Crippen LogP contribution in [-0.4, -0.2) is 44.5 Å². The van der Waals surface area contributed by atoms with Crippen LogP contribution in [-0.2, 0) is 9.53 Å². The fraction of sp³-hybridized carbons (Fsp3) is 0.333. The molecule has 1 amide bonds. The van der Waals surface area contributed by atoms with Crippen molar-refractivity contribution in [2.24, 2.45) is 0 Å². The molecular weight excluding hydrogens is 256 g/mol. The highest BCUT2D eigenvalue weighted by molar-refractivity contribution is 6.00. The van der Waals surface area contributed by atoms with Crippen LogP contribution in [0.25, 0.3) is 0 Å². The molecule has 5 nitrogen and oxygen atoms in total. The van der Waals surface area contributed by atoms with Gasteiger partial charge in [-0.3, -0.25) is 4.79 Å². The highest BCUT2D eigenvalue weighted by atomic mass is 16.5. The van der Waals surface area contributed by atoms with E-state index in [-0.39, 0.29) is 5.91 Å². The number of hydrogen-bond donors (Lipinski definition) is 1. The second-order valence-electron chi connectivity index (χ2n) is 4.68. The van der Waals surface area contributed by atoms with Crippen LogP contribution < -0.4 is 5.32 Å². The Kier molecular flexibility index (Phi) is 5.93. The van der Waals surface area contributed by atoms with Gasteiger partial charge in [-0.25, -0.2) is 4.79 Å². The van der Waals surface area contributed by atoms with E-state index in [1.165, 1.54) is 13.2 Å². The summed E-state index contributed by atoms with van der Waals surface area (Å²) in [5.41, 5.74) is 1.95. The monoisotopic (exact) mass is 276 g/mol. The van der Waals surface area contributed by atoms with Crippen LogP contribution >= 0.6 is 0 Å². The maximum absolute atomic E-state index is 11.7. The third-order valence-electron chi connectivity index (χ3n) is 2.65. The van der Waals surface area contributed by atoms with Crippen molar-refractivity contribution >= 4 is 17.6 Å². The van der Waals surface area contributed by atoms with Gasteiger partial charge in [-0.15, -0.1) is 0 Å². The lowest BCUT2D eigenvalue weighted by molar-refractivity contribution is -0.111. The van der Waals surface area contributed by atoms with E-state index in [0.717, 1.165) is 5.56 Å². The number of esters is 1. The summed E-state index contributed by atoms with van der Waals surface area (Å²) in [6.07, 6.45) is 3.28. The molecule has 0 atom stereocenters. The van der Waals surface area contributed by atoms with E-state index >= 15 is 0 Å². The number of carbonyl (C=O) groups excluding carboxylic acids is 2. The summed E-state index contributed by atoms with van der Waals surface area (Å²) in [5, 5.41) is 2.77. The topological polar surface area (TPSA) is 58.6 Å². The van der Waals surface area contributed by atoms with Crippen molar-refractivity contribution < 1.29 is 14.3 Å². The molecule has 0 aliphatic carbocycles. The lowest BCUT2D eigenvalue weighted by Crippen LogP contribution is -2.13. The first-order valence-electron chi connectivity index (χ1n) is 6.25. The van der Waals surface area contributed by atoms with Crippen molar-refractivity contribution in [3.05, 3.63) is 41.5 Å². The number of nitrogens with zero attached hydrogens (tertiary/aromatic N) is 1. The molecular formula is C15H20N2O3. The number of carbonyl (C=O) groups is 2. The van der Waals surface area contributed by atoms with Crippen molar-refractivity contribution in [1.29, 1.82) is 0 Å². The van der Waals surface area contributed by atoms with Gasteiger partial charge in [0.15, 0.2) is 0 Å². The molecule has 0 bridgehead atoms. The molecule has 0 unspecified atom stereocenters. The Balaban J connectivity index is 2.71. The summed E-state index contributed by atoms with van der Waals surface area (Å²) in [7, 11) is 5.19. The summed E-state index contributed by atoms with van der Waals surface area (Å²) in [4.78, 5) is 25.1. The average Bonchev–Trinajstić information content (AvgIpc) is 2.39. The van der Waals surface area contributed by atoms with E-state index in [1.54, 1.807) is 24.3 Å². The maximum atomic E-state index is 11.7. The fourth-order valence-electron chi connectivity index (χ4n) is 1.59. The average molecular weight is 276 g/mol. The molecule has 108 valence electrons. The second kappa shape index (κ2) is 7.45. The van der Waals surface area contributed by atoms with E-state index in [2.05, 4.69) is 10.1 Å². The van der Waals surface area contributed by atoms with Gasteiger partial charge in [0, 0.05) is 18.3 Å². The summed E-state index contributed by atoms with van der Waals surface area (Å²) >= 11 is 0. The largest absolute Gasteiger partial charge is 0.465 e. The SMILES string of the molecule is COC(=O)c1ccc(NC(=O)/C=C/CN(C)C)c(C)c1. The number of amides is 1. The Morgan fingerprint density at radius 2 is 2.05 bits per heavy atom. The van der Waals surface area contributed by atoms with Crippen LogP contribution in [0.1, 0.15) is 15.9 Å². The Bertz CT molecular complexity index is 522. The van der Waals surface area contributed by atoms with E-state index in [1.807, 2.05) is 25.9 Å². The van der Waals surface area contributed by atoms with E-state index in [4.69, 9.17) is 0 Å². The lowest BCUT2D eigenvalue weighted by Gasteiger charge is -2.08. The molecule has 1 aromatic carbocycles. The number of hydrogen-bond acceptors (Lipinski definition) is 4. The summed E-state index contributed by atoms with van der Waals surface area (Å²) in [6.45, 7) is 2.53. The molecule has 0 saturated heterocycles. The molecule has 0 heterocycles. The zero-order valence-electron chi connectivity index (χ0n) is 12.3. The van der Waals surface area contributed by atoms with Crippen LogP contribution in [0.2, 0.25) is 0 Å². The molecule has 0 fully saturated rings. The Morgan fingerprint density at radius 3 is 2.60 bits per heavy atom. The van der Waals surface area contributed by atoms with Gasteiger partial charge in [0.05, 0.1) is 12.7 Å². The quantitative estimate of drug-likeness (QED) is 0.658. The van der Waals surface area contributed by atoms with Crippen molar-refractivity contribution in [2.75, 3.05) is 33.1 Å². The molecule has 0 radical (unpaired) electrons. The standard InChI is InChI=1S/C15H20N2O3/c1-11-10-12(15(19)20-4)7-8-13(11)16-14(18)6-5-9-17(2)3/h5-8,10H,9H2,1-4H3,(H,16,18)/b6-5+. The summed E-state index contributed by atoms with van der Waals surface area (Å²) in [6, 6.07) is 5.00.